The van der Waals surface area contributed by atoms with Crippen LogP contribution in [0.3, 0.4) is 0 Å². The molecule has 0 bridgehead atoms. The Balaban J connectivity index is 3.14. The van der Waals surface area contributed by atoms with Crippen LogP contribution in [0.5, 0.6) is 0 Å². The molecule has 2 radical (unpaired) electrons. The number of benzene rings is 1. The number of halogens is 1. The molecule has 3 heteroatoms. The predicted molar refractivity (Wildman–Crippen MR) is 43.1 cm³/mol. The van der Waals surface area contributed by atoms with Crippen molar-refractivity contribution in [1.82, 2.24) is 0 Å². The van der Waals surface area contributed by atoms with Crippen LogP contribution >= 0.6 is 12.6 Å². The maximum absolute atomic E-state index is 12.8. The molecule has 0 saturated carbocycles. The Morgan fingerprint density at radius 3 is 2.70 bits per heavy atom. The van der Waals surface area contributed by atoms with Gasteiger partial charge in [0.2, 0.25) is 0 Å². The van der Waals surface area contributed by atoms with E-state index in [-0.39, 0.29) is 12.1 Å². The fourth-order valence-corrected chi connectivity index (χ4v) is 0.954. The van der Waals surface area contributed by atoms with Gasteiger partial charge in [0.25, 0.3) is 0 Å². The van der Waals surface area contributed by atoms with Gasteiger partial charge >= 0.3 is 0 Å². The number of thiol groups is 1. The summed E-state index contributed by atoms with van der Waals surface area (Å²) in [5, 5.41) is 0. The first-order valence-corrected chi connectivity index (χ1v) is 3.37. The zero-order valence-corrected chi connectivity index (χ0v) is 6.24. The maximum Gasteiger partial charge on any atom is 0.138 e. The lowest BCUT2D eigenvalue weighted by atomic mass is 9.97. The van der Waals surface area contributed by atoms with Gasteiger partial charge in [-0.1, -0.05) is 18.5 Å². The number of hydrogen-bond donors (Lipinski definition) is 1. The second-order valence-corrected chi connectivity index (χ2v) is 2.44. The van der Waals surface area contributed by atoms with E-state index < -0.39 is 0 Å². The Hall–Kier alpha value is -0.435. The van der Waals surface area contributed by atoms with Crippen LogP contribution in [-0.4, -0.2) is 7.85 Å². The van der Waals surface area contributed by atoms with Gasteiger partial charge in [-0.2, -0.15) is 0 Å². The van der Waals surface area contributed by atoms with E-state index in [4.69, 9.17) is 7.85 Å². The van der Waals surface area contributed by atoms with Gasteiger partial charge in [0.1, 0.15) is 5.82 Å². The van der Waals surface area contributed by atoms with Gasteiger partial charge in [0.15, 0.2) is 0 Å². The van der Waals surface area contributed by atoms with E-state index in [0.29, 0.717) is 10.5 Å². The van der Waals surface area contributed by atoms with Crippen molar-refractivity contribution in [2.75, 3.05) is 0 Å². The molecule has 1 aromatic rings. The van der Waals surface area contributed by atoms with E-state index in [0.717, 1.165) is 0 Å². The Morgan fingerprint density at radius 1 is 1.50 bits per heavy atom. The van der Waals surface area contributed by atoms with Crippen LogP contribution in [-0.2, 0) is 6.32 Å². The van der Waals surface area contributed by atoms with Gasteiger partial charge in [0.05, 0.1) is 7.85 Å². The van der Waals surface area contributed by atoms with Crippen molar-refractivity contribution >= 4 is 20.5 Å². The van der Waals surface area contributed by atoms with Gasteiger partial charge in [-0.15, -0.1) is 12.6 Å². The minimum atomic E-state index is -0.312. The molecule has 0 N–H and O–H groups in total. The highest BCUT2D eigenvalue weighted by molar-refractivity contribution is 7.80. The first-order valence-electron chi connectivity index (χ1n) is 2.92. The summed E-state index contributed by atoms with van der Waals surface area (Å²) in [5.74, 6) is -0.312. The average Bonchev–Trinajstić information content (AvgIpc) is 1.95. The third kappa shape index (κ3) is 1.35. The fraction of sp³-hybridized carbons (Fsp3) is 0.143. The maximum atomic E-state index is 12.8. The van der Waals surface area contributed by atoms with Crippen LogP contribution in [0.4, 0.5) is 4.39 Å². The van der Waals surface area contributed by atoms with Gasteiger partial charge < -0.3 is 0 Å². The van der Waals surface area contributed by atoms with Crippen LogP contribution in [0.25, 0.3) is 0 Å². The molecule has 0 fully saturated rings. The van der Waals surface area contributed by atoms with Crippen molar-refractivity contribution < 1.29 is 4.39 Å². The van der Waals surface area contributed by atoms with E-state index in [1.165, 1.54) is 0 Å². The SMILES string of the molecule is [B]Cc1cccc(S)c1F. The molecule has 0 aliphatic heterocycles. The fourth-order valence-electron chi connectivity index (χ4n) is 0.724. The van der Waals surface area contributed by atoms with Crippen molar-refractivity contribution in [2.24, 2.45) is 0 Å². The van der Waals surface area contributed by atoms with E-state index in [1.807, 2.05) is 0 Å². The van der Waals surface area contributed by atoms with Gasteiger partial charge in [-0.25, -0.2) is 4.39 Å². The Bertz CT molecular complexity index is 237. The second kappa shape index (κ2) is 3.10. The largest absolute Gasteiger partial charge is 0.206 e. The molecule has 0 heterocycles. The summed E-state index contributed by atoms with van der Waals surface area (Å²) in [6.07, 6.45) is 0.222. The molecule has 0 aliphatic carbocycles. The highest BCUT2D eigenvalue weighted by Crippen LogP contribution is 2.15. The van der Waals surface area contributed by atoms with E-state index in [1.54, 1.807) is 18.2 Å². The molecule has 50 valence electrons. The zero-order valence-electron chi connectivity index (χ0n) is 5.34. The summed E-state index contributed by atoms with van der Waals surface area (Å²) in [6.45, 7) is 0. The molecule has 1 aromatic carbocycles. The zero-order chi connectivity index (χ0) is 7.56. The molecule has 10 heavy (non-hydrogen) atoms. The van der Waals surface area contributed by atoms with Gasteiger partial charge in [0, 0.05) is 4.90 Å². The molecular formula is C7H6BFS. The summed E-state index contributed by atoms with van der Waals surface area (Å²) in [5.41, 5.74) is 0.507. The van der Waals surface area contributed by atoms with Crippen molar-refractivity contribution in [3.8, 4) is 0 Å². The first-order chi connectivity index (χ1) is 4.75. The molecule has 0 amide bonds. The van der Waals surface area contributed by atoms with Crippen molar-refractivity contribution in [2.45, 2.75) is 11.2 Å². The van der Waals surface area contributed by atoms with Crippen LogP contribution in [0, 0.1) is 5.82 Å². The lowest BCUT2D eigenvalue weighted by molar-refractivity contribution is 0.592. The van der Waals surface area contributed by atoms with E-state index in [2.05, 4.69) is 12.6 Å². The predicted octanol–water partition coefficient (Wildman–Crippen LogP) is 1.78. The summed E-state index contributed by atoms with van der Waals surface area (Å²) >= 11 is 3.89. The third-order valence-corrected chi connectivity index (χ3v) is 1.62. The normalized spacial score (nSPS) is 9.80. The quantitative estimate of drug-likeness (QED) is 0.460. The molecule has 0 spiro atoms. The summed E-state index contributed by atoms with van der Waals surface area (Å²) in [7, 11) is 5.25. The van der Waals surface area contributed by atoms with Crippen LogP contribution < -0.4 is 0 Å². The monoisotopic (exact) mass is 152 g/mol. The average molecular weight is 152 g/mol. The molecule has 0 unspecified atom stereocenters. The molecule has 0 nitrogen and oxygen atoms in total. The summed E-state index contributed by atoms with van der Waals surface area (Å²) in [4.78, 5) is 0.350. The van der Waals surface area contributed by atoms with E-state index in [9.17, 15) is 4.39 Å². The number of rotatable bonds is 1. The second-order valence-electron chi connectivity index (χ2n) is 1.95. The molecule has 0 atom stereocenters. The van der Waals surface area contributed by atoms with Crippen LogP contribution in [0.15, 0.2) is 23.1 Å². The lowest BCUT2D eigenvalue weighted by Crippen LogP contribution is -1.90. The third-order valence-electron chi connectivity index (χ3n) is 1.28. The lowest BCUT2D eigenvalue weighted by Gasteiger charge is -1.99. The summed E-state index contributed by atoms with van der Waals surface area (Å²) in [6, 6.07) is 4.97. The standard InChI is InChI=1S/C7H6BFS/c8-4-5-2-1-3-6(10)7(5)9/h1-3,10H,4H2. The highest BCUT2D eigenvalue weighted by Gasteiger charge is 2.00. The van der Waals surface area contributed by atoms with Gasteiger partial charge in [-0.05, 0) is 11.6 Å². The molecule has 1 rings (SSSR count). The Labute approximate surface area is 66.3 Å². The molecule has 0 aliphatic rings. The van der Waals surface area contributed by atoms with Gasteiger partial charge in [-0.3, -0.25) is 0 Å². The first kappa shape index (κ1) is 7.67. The smallest absolute Gasteiger partial charge is 0.138 e. The van der Waals surface area contributed by atoms with E-state index >= 15 is 0 Å². The van der Waals surface area contributed by atoms with Crippen LogP contribution in [0.1, 0.15) is 5.56 Å². The van der Waals surface area contributed by atoms with Crippen molar-refractivity contribution in [3.63, 3.8) is 0 Å². The molecular weight excluding hydrogens is 146 g/mol. The van der Waals surface area contributed by atoms with Crippen molar-refractivity contribution in [3.05, 3.63) is 29.6 Å². The Morgan fingerprint density at radius 2 is 2.20 bits per heavy atom. The van der Waals surface area contributed by atoms with Crippen molar-refractivity contribution in [1.29, 1.82) is 0 Å². The van der Waals surface area contributed by atoms with Crippen LogP contribution in [0.2, 0.25) is 0 Å². The topological polar surface area (TPSA) is 0 Å². The molecule has 0 aromatic heterocycles. The minimum Gasteiger partial charge on any atom is -0.206 e. The minimum absolute atomic E-state index is 0.222. The highest BCUT2D eigenvalue weighted by atomic mass is 32.1. The number of hydrogen-bond acceptors (Lipinski definition) is 1. The summed E-state index contributed by atoms with van der Waals surface area (Å²) < 4.78 is 12.8. The molecule has 0 saturated heterocycles. The Kier molecular flexibility index (Phi) is 2.38.